The van der Waals surface area contributed by atoms with Crippen molar-refractivity contribution in [2.45, 2.75) is 6.92 Å². The van der Waals surface area contributed by atoms with E-state index in [2.05, 4.69) is 20.6 Å². The van der Waals surface area contributed by atoms with E-state index in [-0.39, 0.29) is 11.6 Å². The minimum Gasteiger partial charge on any atom is -0.463 e. The molecule has 1 amide bonds. The number of furan rings is 1. The second-order valence-electron chi connectivity index (χ2n) is 5.34. The van der Waals surface area contributed by atoms with Gasteiger partial charge in [-0.1, -0.05) is 5.16 Å². The molecule has 0 aliphatic heterocycles. The highest BCUT2D eigenvalue weighted by Crippen LogP contribution is 2.27. The first-order valence-corrected chi connectivity index (χ1v) is 7.23. The van der Waals surface area contributed by atoms with E-state index in [1.807, 2.05) is 0 Å². The smallest absolute Gasteiger partial charge is 0.259 e. The van der Waals surface area contributed by atoms with E-state index in [0.29, 0.717) is 33.8 Å². The van der Waals surface area contributed by atoms with Gasteiger partial charge in [-0.25, -0.2) is 4.98 Å². The number of aryl methyl sites for hydroxylation is 2. The molecule has 0 aliphatic rings. The third-order valence-corrected chi connectivity index (χ3v) is 3.60. The molecule has 0 fully saturated rings. The highest BCUT2D eigenvalue weighted by atomic mass is 16.5. The molecule has 4 aromatic heterocycles. The van der Waals surface area contributed by atoms with Gasteiger partial charge in [-0.2, -0.15) is 5.10 Å². The van der Waals surface area contributed by atoms with Crippen molar-refractivity contribution in [2.75, 3.05) is 5.32 Å². The van der Waals surface area contributed by atoms with Crippen LogP contribution >= 0.6 is 0 Å². The lowest BCUT2D eigenvalue weighted by molar-refractivity contribution is 0.102. The molecule has 4 aromatic rings. The first kappa shape index (κ1) is 14.2. The van der Waals surface area contributed by atoms with Crippen LogP contribution in [-0.4, -0.2) is 25.8 Å². The maximum atomic E-state index is 12.7. The first-order valence-electron chi connectivity index (χ1n) is 7.23. The van der Waals surface area contributed by atoms with Gasteiger partial charge >= 0.3 is 0 Å². The molecule has 120 valence electrons. The van der Waals surface area contributed by atoms with Crippen molar-refractivity contribution in [2.24, 2.45) is 7.05 Å². The molecule has 4 heterocycles. The van der Waals surface area contributed by atoms with Crippen LogP contribution in [0.15, 0.2) is 45.8 Å². The van der Waals surface area contributed by atoms with E-state index in [9.17, 15) is 4.79 Å². The number of nitrogens with zero attached hydrogens (tertiary/aromatic N) is 4. The molecule has 0 radical (unpaired) electrons. The van der Waals surface area contributed by atoms with E-state index >= 15 is 0 Å². The minimum atomic E-state index is -0.297. The van der Waals surface area contributed by atoms with Crippen LogP contribution in [0.5, 0.6) is 0 Å². The lowest BCUT2D eigenvalue weighted by Crippen LogP contribution is -2.12. The summed E-state index contributed by atoms with van der Waals surface area (Å²) in [7, 11) is 1.78. The molecule has 0 bridgehead atoms. The lowest BCUT2D eigenvalue weighted by Gasteiger charge is -2.05. The molecule has 0 spiro atoms. The average molecular weight is 323 g/mol. The number of rotatable bonds is 3. The number of fused-ring (bicyclic) bond motifs is 1. The van der Waals surface area contributed by atoms with Crippen molar-refractivity contribution >= 4 is 22.7 Å². The molecule has 0 saturated carbocycles. The molecule has 0 aromatic carbocycles. The standard InChI is InChI=1S/C16H13N5O3/c1-9-14-11(15(22)18-10-7-17-21(2)8-10)6-12(13-4-3-5-23-13)19-16(14)24-20-9/h3-8H,1-2H3,(H,18,22). The maximum Gasteiger partial charge on any atom is 0.259 e. The number of carbonyl (C=O) groups is 1. The second kappa shape index (κ2) is 5.34. The summed E-state index contributed by atoms with van der Waals surface area (Å²) < 4.78 is 12.2. The van der Waals surface area contributed by atoms with Gasteiger partial charge in [0.15, 0.2) is 5.76 Å². The molecule has 4 rings (SSSR count). The molecule has 8 nitrogen and oxygen atoms in total. The zero-order valence-corrected chi connectivity index (χ0v) is 13.0. The van der Waals surface area contributed by atoms with Crippen molar-refractivity contribution in [1.82, 2.24) is 19.9 Å². The van der Waals surface area contributed by atoms with Crippen molar-refractivity contribution in [3.63, 3.8) is 0 Å². The molecule has 1 N–H and O–H groups in total. The van der Waals surface area contributed by atoms with Crippen LogP contribution in [0.25, 0.3) is 22.6 Å². The van der Waals surface area contributed by atoms with Crippen LogP contribution in [0, 0.1) is 6.92 Å². The zero-order valence-electron chi connectivity index (χ0n) is 13.0. The Kier molecular flexibility index (Phi) is 3.16. The fraction of sp³-hybridized carbons (Fsp3) is 0.125. The predicted octanol–water partition coefficient (Wildman–Crippen LogP) is 2.78. The lowest BCUT2D eigenvalue weighted by atomic mass is 10.1. The fourth-order valence-electron chi connectivity index (χ4n) is 2.51. The minimum absolute atomic E-state index is 0.290. The number of nitrogens with one attached hydrogen (secondary N) is 1. The van der Waals surface area contributed by atoms with Gasteiger partial charge in [0.25, 0.3) is 11.6 Å². The van der Waals surface area contributed by atoms with Gasteiger partial charge in [0.1, 0.15) is 5.69 Å². The summed E-state index contributed by atoms with van der Waals surface area (Å²) >= 11 is 0. The largest absolute Gasteiger partial charge is 0.463 e. The van der Waals surface area contributed by atoms with Crippen molar-refractivity contribution in [3.8, 4) is 11.5 Å². The number of carbonyl (C=O) groups excluding carboxylic acids is 1. The topological polar surface area (TPSA) is 99.0 Å². The monoisotopic (exact) mass is 323 g/mol. The van der Waals surface area contributed by atoms with Crippen LogP contribution in [-0.2, 0) is 7.05 Å². The van der Waals surface area contributed by atoms with Gasteiger partial charge in [0.2, 0.25) is 0 Å². The Morgan fingerprint density at radius 2 is 2.25 bits per heavy atom. The molecular formula is C16H13N5O3. The van der Waals surface area contributed by atoms with Crippen LogP contribution in [0.3, 0.4) is 0 Å². The van der Waals surface area contributed by atoms with E-state index in [0.717, 1.165) is 0 Å². The number of hydrogen-bond donors (Lipinski definition) is 1. The second-order valence-corrected chi connectivity index (χ2v) is 5.34. The molecule has 0 unspecified atom stereocenters. The maximum absolute atomic E-state index is 12.7. The van der Waals surface area contributed by atoms with Crippen molar-refractivity contribution in [1.29, 1.82) is 0 Å². The van der Waals surface area contributed by atoms with Crippen LogP contribution in [0.1, 0.15) is 16.1 Å². The van der Waals surface area contributed by atoms with Crippen molar-refractivity contribution in [3.05, 3.63) is 48.1 Å². The van der Waals surface area contributed by atoms with Crippen LogP contribution in [0.2, 0.25) is 0 Å². The third kappa shape index (κ3) is 2.34. The fourth-order valence-corrected chi connectivity index (χ4v) is 2.51. The number of pyridine rings is 1. The molecule has 8 heteroatoms. The molecule has 0 saturated heterocycles. The molecule has 0 aliphatic carbocycles. The zero-order chi connectivity index (χ0) is 16.7. The molecule has 0 atom stereocenters. The summed E-state index contributed by atoms with van der Waals surface area (Å²) in [6.07, 6.45) is 4.83. The Morgan fingerprint density at radius 1 is 1.38 bits per heavy atom. The summed E-state index contributed by atoms with van der Waals surface area (Å²) in [6.45, 7) is 1.76. The summed E-state index contributed by atoms with van der Waals surface area (Å²) in [5.74, 6) is 0.246. The number of hydrogen-bond acceptors (Lipinski definition) is 6. The highest BCUT2D eigenvalue weighted by Gasteiger charge is 2.20. The Labute approximate surface area is 136 Å². The van der Waals surface area contributed by atoms with Gasteiger partial charge < -0.3 is 14.3 Å². The van der Waals surface area contributed by atoms with Gasteiger partial charge in [0.05, 0.1) is 34.8 Å². The van der Waals surface area contributed by atoms with Crippen LogP contribution < -0.4 is 5.32 Å². The van der Waals surface area contributed by atoms with Crippen LogP contribution in [0.4, 0.5) is 5.69 Å². The SMILES string of the molecule is Cc1noc2nc(-c3ccco3)cc(C(=O)Nc3cnn(C)c3)c12. The summed E-state index contributed by atoms with van der Waals surface area (Å²) in [6, 6.07) is 5.18. The summed E-state index contributed by atoms with van der Waals surface area (Å²) in [5.41, 5.74) is 2.40. The molecular weight excluding hydrogens is 310 g/mol. The van der Waals surface area contributed by atoms with Gasteiger partial charge in [0, 0.05) is 13.2 Å². The van der Waals surface area contributed by atoms with E-state index < -0.39 is 0 Å². The normalized spacial score (nSPS) is 11.1. The van der Waals surface area contributed by atoms with Crippen molar-refractivity contribution < 1.29 is 13.7 Å². The predicted molar refractivity (Wildman–Crippen MR) is 85.4 cm³/mol. The van der Waals surface area contributed by atoms with E-state index in [1.165, 1.54) is 0 Å². The Bertz CT molecular complexity index is 1030. The Balaban J connectivity index is 1.83. The Hall–Kier alpha value is -3.42. The number of anilines is 1. The number of aromatic nitrogens is 4. The summed E-state index contributed by atoms with van der Waals surface area (Å²) in [4.78, 5) is 17.1. The first-order chi connectivity index (χ1) is 11.6. The van der Waals surface area contributed by atoms with Gasteiger partial charge in [-0.3, -0.25) is 9.48 Å². The van der Waals surface area contributed by atoms with Gasteiger partial charge in [-0.15, -0.1) is 0 Å². The quantitative estimate of drug-likeness (QED) is 0.622. The molecule has 24 heavy (non-hydrogen) atoms. The van der Waals surface area contributed by atoms with Gasteiger partial charge in [-0.05, 0) is 25.1 Å². The van der Waals surface area contributed by atoms with E-state index in [1.54, 1.807) is 55.5 Å². The third-order valence-electron chi connectivity index (χ3n) is 3.60. The average Bonchev–Trinajstić information content (AvgIpc) is 3.29. The highest BCUT2D eigenvalue weighted by molar-refractivity contribution is 6.12. The summed E-state index contributed by atoms with van der Waals surface area (Å²) in [5, 5.41) is 11.3. The number of amides is 1. The van der Waals surface area contributed by atoms with E-state index in [4.69, 9.17) is 8.94 Å². The Morgan fingerprint density at radius 3 is 2.96 bits per heavy atom.